The molecule has 6 heteroatoms. The molecule has 1 saturated carbocycles. The molecular weight excluding hydrogens is 221 g/mol. The molecule has 0 aromatic heterocycles. The number of likely N-dealkylation sites (N-methyl/N-ethyl adjacent to an activating group) is 1. The molecule has 0 amide bonds. The van der Waals surface area contributed by atoms with Crippen LogP contribution in [0.25, 0.3) is 0 Å². The number of nitrogens with two attached hydrogens (primary N) is 1. The van der Waals surface area contributed by atoms with Crippen LogP contribution < -0.4 is 5.73 Å². The van der Waals surface area contributed by atoms with E-state index in [1.165, 1.54) is 0 Å². The van der Waals surface area contributed by atoms with Gasteiger partial charge in [0.25, 0.3) is 0 Å². The molecule has 0 aromatic rings. The van der Waals surface area contributed by atoms with E-state index in [0.717, 1.165) is 19.3 Å². The van der Waals surface area contributed by atoms with Crippen molar-refractivity contribution >= 4 is 0 Å². The summed E-state index contributed by atoms with van der Waals surface area (Å²) in [6.07, 6.45) is -1.32. The number of ether oxygens (including phenoxy) is 1. The van der Waals surface area contributed by atoms with Crippen molar-refractivity contribution in [2.45, 2.75) is 31.7 Å². The summed E-state index contributed by atoms with van der Waals surface area (Å²) in [5.74, 6) is 0.413. The normalized spacial score (nSPS) is 26.6. The van der Waals surface area contributed by atoms with E-state index < -0.39 is 6.36 Å². The molecule has 1 aliphatic carbocycles. The smallest absolute Gasteiger partial charge is 0.330 e. The Labute approximate surface area is 93.7 Å². The summed E-state index contributed by atoms with van der Waals surface area (Å²) >= 11 is 0. The molecule has 0 saturated heterocycles. The van der Waals surface area contributed by atoms with Gasteiger partial charge in [-0.25, -0.2) is 0 Å². The van der Waals surface area contributed by atoms with E-state index in [4.69, 9.17) is 5.73 Å². The molecule has 16 heavy (non-hydrogen) atoms. The average molecular weight is 240 g/mol. The standard InChI is InChI=1S/C10H19F3N2O/c1-15(5-6-16-10(11,12)13)9-4-2-3-8(9)7-14/h8-9H,2-7,14H2,1H3. The highest BCUT2D eigenvalue weighted by Gasteiger charge is 2.31. The zero-order valence-corrected chi connectivity index (χ0v) is 9.46. The van der Waals surface area contributed by atoms with Crippen LogP contribution in [0.2, 0.25) is 0 Å². The molecule has 3 nitrogen and oxygen atoms in total. The summed E-state index contributed by atoms with van der Waals surface area (Å²) < 4.78 is 39.1. The van der Waals surface area contributed by atoms with Crippen molar-refractivity contribution in [2.24, 2.45) is 11.7 Å². The predicted octanol–water partition coefficient (Wildman–Crippen LogP) is 1.58. The van der Waals surface area contributed by atoms with Crippen LogP contribution >= 0.6 is 0 Å². The van der Waals surface area contributed by atoms with Crippen LogP contribution in [0.1, 0.15) is 19.3 Å². The Bertz CT molecular complexity index is 211. The van der Waals surface area contributed by atoms with Gasteiger partial charge in [-0.05, 0) is 32.4 Å². The van der Waals surface area contributed by atoms with Crippen LogP contribution in [0.5, 0.6) is 0 Å². The highest BCUT2D eigenvalue weighted by Crippen LogP contribution is 2.28. The maximum Gasteiger partial charge on any atom is 0.522 e. The van der Waals surface area contributed by atoms with Crippen LogP contribution in [0.4, 0.5) is 13.2 Å². The largest absolute Gasteiger partial charge is 0.522 e. The van der Waals surface area contributed by atoms with Crippen molar-refractivity contribution in [3.8, 4) is 0 Å². The molecule has 0 bridgehead atoms. The number of alkyl halides is 3. The van der Waals surface area contributed by atoms with Gasteiger partial charge in [0.05, 0.1) is 6.61 Å². The quantitative estimate of drug-likeness (QED) is 0.793. The van der Waals surface area contributed by atoms with Crippen LogP contribution in [-0.4, -0.2) is 44.0 Å². The maximum atomic E-state index is 11.8. The van der Waals surface area contributed by atoms with Crippen molar-refractivity contribution < 1.29 is 17.9 Å². The van der Waals surface area contributed by atoms with Gasteiger partial charge in [-0.2, -0.15) is 0 Å². The summed E-state index contributed by atoms with van der Waals surface area (Å²) in [5.41, 5.74) is 5.62. The second kappa shape index (κ2) is 5.84. The molecule has 0 spiro atoms. The van der Waals surface area contributed by atoms with Gasteiger partial charge in [-0.1, -0.05) is 6.42 Å². The van der Waals surface area contributed by atoms with Gasteiger partial charge in [-0.15, -0.1) is 13.2 Å². The maximum absolute atomic E-state index is 11.8. The first kappa shape index (κ1) is 13.7. The second-order valence-corrected chi connectivity index (χ2v) is 4.27. The van der Waals surface area contributed by atoms with Crippen LogP contribution in [0.15, 0.2) is 0 Å². The van der Waals surface area contributed by atoms with Gasteiger partial charge in [-0.3, -0.25) is 4.74 Å². The fourth-order valence-electron chi connectivity index (χ4n) is 2.34. The highest BCUT2D eigenvalue weighted by molar-refractivity contribution is 4.84. The van der Waals surface area contributed by atoms with Crippen LogP contribution in [0.3, 0.4) is 0 Å². The Morgan fingerprint density at radius 1 is 1.38 bits per heavy atom. The zero-order chi connectivity index (χ0) is 12.2. The molecule has 0 aliphatic heterocycles. The summed E-state index contributed by atoms with van der Waals surface area (Å²) in [4.78, 5) is 1.93. The topological polar surface area (TPSA) is 38.5 Å². The second-order valence-electron chi connectivity index (χ2n) is 4.27. The predicted molar refractivity (Wildman–Crippen MR) is 54.8 cm³/mol. The van der Waals surface area contributed by atoms with Crippen molar-refractivity contribution in [3.63, 3.8) is 0 Å². The number of nitrogens with zero attached hydrogens (tertiary/aromatic N) is 1. The zero-order valence-electron chi connectivity index (χ0n) is 9.46. The molecule has 2 unspecified atom stereocenters. The van der Waals surface area contributed by atoms with Crippen molar-refractivity contribution in [1.82, 2.24) is 4.90 Å². The minimum Gasteiger partial charge on any atom is -0.330 e. The number of rotatable bonds is 5. The third-order valence-electron chi connectivity index (χ3n) is 3.20. The highest BCUT2D eigenvalue weighted by atomic mass is 19.4. The Balaban J connectivity index is 2.26. The molecule has 0 radical (unpaired) electrons. The SMILES string of the molecule is CN(CCOC(F)(F)F)C1CCCC1CN. The molecule has 96 valence electrons. The number of halogens is 3. The van der Waals surface area contributed by atoms with E-state index in [-0.39, 0.29) is 6.61 Å². The molecular formula is C10H19F3N2O. The van der Waals surface area contributed by atoms with Gasteiger partial charge in [0.2, 0.25) is 0 Å². The van der Waals surface area contributed by atoms with Crippen LogP contribution in [-0.2, 0) is 4.74 Å². The van der Waals surface area contributed by atoms with Gasteiger partial charge in [0, 0.05) is 12.6 Å². The average Bonchev–Trinajstić information content (AvgIpc) is 2.63. The molecule has 2 N–H and O–H groups in total. The molecule has 2 atom stereocenters. The lowest BCUT2D eigenvalue weighted by molar-refractivity contribution is -0.325. The minimum absolute atomic E-state index is 0.292. The lowest BCUT2D eigenvalue weighted by atomic mass is 10.0. The fourth-order valence-corrected chi connectivity index (χ4v) is 2.34. The van der Waals surface area contributed by atoms with Gasteiger partial charge < -0.3 is 10.6 Å². The van der Waals surface area contributed by atoms with Gasteiger partial charge >= 0.3 is 6.36 Å². The Hall–Kier alpha value is -0.330. The Morgan fingerprint density at radius 2 is 2.06 bits per heavy atom. The molecule has 0 heterocycles. The lowest BCUT2D eigenvalue weighted by Crippen LogP contribution is -2.40. The Morgan fingerprint density at radius 3 is 2.62 bits per heavy atom. The van der Waals surface area contributed by atoms with E-state index >= 15 is 0 Å². The molecule has 1 rings (SSSR count). The fraction of sp³-hybridized carbons (Fsp3) is 1.00. The first-order valence-corrected chi connectivity index (χ1v) is 5.55. The Kier molecular flexibility index (Phi) is 5.01. The summed E-state index contributed by atoms with van der Waals surface area (Å²) in [6.45, 7) is 0.587. The summed E-state index contributed by atoms with van der Waals surface area (Å²) in [6, 6.07) is 0.307. The lowest BCUT2D eigenvalue weighted by Gasteiger charge is -2.28. The first-order chi connectivity index (χ1) is 7.44. The molecule has 0 aromatic carbocycles. The third-order valence-corrected chi connectivity index (χ3v) is 3.20. The van der Waals surface area contributed by atoms with Gasteiger partial charge in [0.1, 0.15) is 0 Å². The van der Waals surface area contributed by atoms with Crippen molar-refractivity contribution in [3.05, 3.63) is 0 Å². The summed E-state index contributed by atoms with van der Waals surface area (Å²) in [5, 5.41) is 0. The van der Waals surface area contributed by atoms with E-state index in [0.29, 0.717) is 25.0 Å². The number of hydrogen-bond donors (Lipinski definition) is 1. The first-order valence-electron chi connectivity index (χ1n) is 5.55. The van der Waals surface area contributed by atoms with Crippen molar-refractivity contribution in [2.75, 3.05) is 26.7 Å². The van der Waals surface area contributed by atoms with E-state index in [1.54, 1.807) is 0 Å². The minimum atomic E-state index is -4.52. The molecule has 1 aliphatic rings. The van der Waals surface area contributed by atoms with E-state index in [2.05, 4.69) is 4.74 Å². The monoisotopic (exact) mass is 240 g/mol. The summed E-state index contributed by atoms with van der Waals surface area (Å²) in [7, 11) is 1.83. The van der Waals surface area contributed by atoms with Crippen molar-refractivity contribution in [1.29, 1.82) is 0 Å². The molecule has 1 fully saturated rings. The van der Waals surface area contributed by atoms with Gasteiger partial charge in [0.15, 0.2) is 0 Å². The van der Waals surface area contributed by atoms with E-state index in [1.807, 2.05) is 11.9 Å². The third kappa shape index (κ3) is 4.27. The van der Waals surface area contributed by atoms with Crippen LogP contribution in [0, 0.1) is 5.92 Å². The van der Waals surface area contributed by atoms with E-state index in [9.17, 15) is 13.2 Å². The number of hydrogen-bond acceptors (Lipinski definition) is 3.